The average Bonchev–Trinajstić information content (AvgIpc) is 3.13. The first-order valence-electron chi connectivity index (χ1n) is 20.7. The number of aliphatic hydroxyl groups is 7. The van der Waals surface area contributed by atoms with Crippen molar-refractivity contribution < 1.29 is 64.2 Å². The number of fused-ring (bicyclic) bond motifs is 7. The molecule has 13 nitrogen and oxygen atoms in total. The van der Waals surface area contributed by atoms with Crippen LogP contribution >= 0.6 is 0 Å². The Balaban J connectivity index is 1.17. The lowest BCUT2D eigenvalue weighted by Crippen LogP contribution is -2.67. The Morgan fingerprint density at radius 2 is 1.51 bits per heavy atom. The number of carbonyl (C=O) groups excluding carboxylic acids is 1. The van der Waals surface area contributed by atoms with Gasteiger partial charge in [-0.05, 0) is 97.2 Å². The Morgan fingerprint density at radius 1 is 0.800 bits per heavy atom. The van der Waals surface area contributed by atoms with Crippen LogP contribution in [-0.2, 0) is 28.5 Å². The molecule has 2 aliphatic heterocycles. The lowest BCUT2D eigenvalue weighted by Gasteiger charge is -2.72. The van der Waals surface area contributed by atoms with E-state index >= 15 is 0 Å². The summed E-state index contributed by atoms with van der Waals surface area (Å²) in [5.41, 5.74) is 0.516. The van der Waals surface area contributed by atoms with E-state index in [1.807, 2.05) is 6.92 Å². The summed E-state index contributed by atoms with van der Waals surface area (Å²) in [5.74, 6) is -0.215. The van der Waals surface area contributed by atoms with E-state index in [-0.39, 0.29) is 52.3 Å². The summed E-state index contributed by atoms with van der Waals surface area (Å²) in [6.07, 6.45) is -4.65. The molecule has 0 spiro atoms. The lowest BCUT2D eigenvalue weighted by molar-refractivity contribution is -0.367. The summed E-state index contributed by atoms with van der Waals surface area (Å²) in [4.78, 5) is 12.7. The van der Waals surface area contributed by atoms with Crippen LogP contribution < -0.4 is 0 Å². The summed E-state index contributed by atoms with van der Waals surface area (Å²) >= 11 is 0. The van der Waals surface area contributed by atoms with Gasteiger partial charge in [0.1, 0.15) is 36.6 Å². The van der Waals surface area contributed by atoms with Crippen LogP contribution in [0.5, 0.6) is 0 Å². The Labute approximate surface area is 325 Å². The Morgan fingerprint density at radius 3 is 2.18 bits per heavy atom. The molecule has 314 valence electrons. The Hall–Kier alpha value is -1.23. The third kappa shape index (κ3) is 6.23. The molecule has 7 rings (SSSR count). The molecule has 2 saturated heterocycles. The Kier molecular flexibility index (Phi) is 10.8. The molecule has 0 radical (unpaired) electrons. The molecule has 0 aromatic rings. The highest BCUT2D eigenvalue weighted by atomic mass is 16.8. The van der Waals surface area contributed by atoms with E-state index in [0.717, 1.165) is 58.5 Å². The number of carbonyl (C=O) groups is 1. The maximum atomic E-state index is 12.7. The van der Waals surface area contributed by atoms with Crippen LogP contribution in [0.15, 0.2) is 11.6 Å². The number of esters is 1. The SMILES string of the molecule is COC(=O)[C@H]1O[C@@H](O[C@H]2CC[C@@]3(C)[C@@H](CC[C@]4(C)[C@@H]3CC=C3[C@@H]5CC(C)(C)C[C@@H](O)[C@]5(C)CC[C@]34C)[C@@]2(C)CO)[C@H](O[C@@H]2OC[C@@H](O)[C@H](O)[C@H]2O)[C@@H](O)[C@@H]1O. The van der Waals surface area contributed by atoms with Crippen LogP contribution in [0, 0.1) is 50.2 Å². The zero-order valence-electron chi connectivity index (χ0n) is 34.0. The van der Waals surface area contributed by atoms with Crippen LogP contribution in [0.4, 0.5) is 0 Å². The minimum absolute atomic E-state index is 0.00135. The zero-order valence-corrected chi connectivity index (χ0v) is 34.0. The number of ether oxygens (including phenoxy) is 5. The normalized spacial score (nSPS) is 54.9. The quantitative estimate of drug-likeness (QED) is 0.118. The predicted octanol–water partition coefficient (Wildman–Crippen LogP) is 2.58. The third-order valence-corrected chi connectivity index (χ3v) is 17.2. The number of rotatable bonds is 6. The summed E-state index contributed by atoms with van der Waals surface area (Å²) in [7, 11) is 1.14. The molecule has 0 aromatic carbocycles. The number of allylic oxidation sites excluding steroid dienone is 2. The van der Waals surface area contributed by atoms with Crippen LogP contribution in [-0.4, -0.2) is 130 Å². The molecule has 19 atom stereocenters. The van der Waals surface area contributed by atoms with Gasteiger partial charge in [0.05, 0.1) is 32.5 Å². The standard InChI is InChI=1S/C42H68O13/c1-37(2)17-22-21-9-10-25-39(4)13-12-27(40(5,20-43)24(39)11-14-42(25,7)41(21,6)16-15-38(22,3)26(45)18-37)53-36-33(30(48)29(47)32(54-36)34(50)51-8)55-35-31(49)28(46)23(44)19-52-35/h9,22-33,35-36,43-49H,10-20H2,1-8H3/t22-,23+,24+,25+,26+,27-,28-,29-,30-,31+,32-,33+,35-,36+,38+,39-,40+,41+,42+/m0/s1. The Bertz CT molecular complexity index is 1490. The van der Waals surface area contributed by atoms with Gasteiger partial charge in [-0.25, -0.2) is 4.79 Å². The molecule has 0 aromatic heterocycles. The van der Waals surface area contributed by atoms with Crippen molar-refractivity contribution in [1.82, 2.24) is 0 Å². The number of hydrogen-bond acceptors (Lipinski definition) is 13. The second-order valence-corrected chi connectivity index (χ2v) is 20.5. The highest BCUT2D eigenvalue weighted by molar-refractivity contribution is 5.75. The maximum Gasteiger partial charge on any atom is 0.337 e. The third-order valence-electron chi connectivity index (χ3n) is 17.2. The number of methoxy groups -OCH3 is 1. The molecule has 5 aliphatic carbocycles. The fourth-order valence-electron chi connectivity index (χ4n) is 13.5. The lowest BCUT2D eigenvalue weighted by atomic mass is 9.33. The molecule has 55 heavy (non-hydrogen) atoms. The van der Waals surface area contributed by atoms with Crippen molar-refractivity contribution in [3.8, 4) is 0 Å². The van der Waals surface area contributed by atoms with E-state index in [1.54, 1.807) is 5.57 Å². The van der Waals surface area contributed by atoms with Gasteiger partial charge >= 0.3 is 5.97 Å². The fraction of sp³-hybridized carbons (Fsp3) is 0.929. The highest BCUT2D eigenvalue weighted by Gasteiger charge is 2.69. The summed E-state index contributed by atoms with van der Waals surface area (Å²) in [6, 6.07) is 0. The van der Waals surface area contributed by atoms with Gasteiger partial charge in [-0.15, -0.1) is 0 Å². The molecule has 7 N–H and O–H groups in total. The maximum absolute atomic E-state index is 12.7. The van der Waals surface area contributed by atoms with Crippen LogP contribution in [0.25, 0.3) is 0 Å². The molecular formula is C42H68O13. The average molecular weight is 781 g/mol. The van der Waals surface area contributed by atoms with Crippen molar-refractivity contribution in [1.29, 1.82) is 0 Å². The van der Waals surface area contributed by atoms with Crippen molar-refractivity contribution in [2.75, 3.05) is 20.3 Å². The summed E-state index contributed by atoms with van der Waals surface area (Å²) in [6.45, 7) is 15.8. The summed E-state index contributed by atoms with van der Waals surface area (Å²) in [5, 5.41) is 76.2. The van der Waals surface area contributed by atoms with E-state index in [0.29, 0.717) is 18.3 Å². The van der Waals surface area contributed by atoms with Gasteiger partial charge in [0.15, 0.2) is 18.7 Å². The zero-order chi connectivity index (χ0) is 40.3. The van der Waals surface area contributed by atoms with Crippen LogP contribution in [0.1, 0.15) is 106 Å². The van der Waals surface area contributed by atoms with Crippen molar-refractivity contribution >= 4 is 5.97 Å². The molecule has 2 heterocycles. The minimum Gasteiger partial charge on any atom is -0.467 e. The fourth-order valence-corrected chi connectivity index (χ4v) is 13.5. The monoisotopic (exact) mass is 780 g/mol. The van der Waals surface area contributed by atoms with E-state index in [9.17, 15) is 40.5 Å². The first-order chi connectivity index (χ1) is 25.6. The smallest absolute Gasteiger partial charge is 0.337 e. The van der Waals surface area contributed by atoms with Crippen molar-refractivity contribution in [2.45, 2.75) is 174 Å². The van der Waals surface area contributed by atoms with E-state index < -0.39 is 72.8 Å². The second kappa shape index (κ2) is 14.2. The minimum atomic E-state index is -1.78. The van der Waals surface area contributed by atoms with Gasteiger partial charge < -0.3 is 59.4 Å². The molecule has 6 fully saturated rings. The molecule has 0 unspecified atom stereocenters. The molecule has 7 aliphatic rings. The number of hydrogen-bond donors (Lipinski definition) is 7. The first-order valence-corrected chi connectivity index (χ1v) is 20.7. The molecule has 0 bridgehead atoms. The van der Waals surface area contributed by atoms with Gasteiger partial charge in [0.25, 0.3) is 0 Å². The van der Waals surface area contributed by atoms with E-state index in [4.69, 9.17) is 23.7 Å². The second-order valence-electron chi connectivity index (χ2n) is 20.5. The molecule has 0 amide bonds. The van der Waals surface area contributed by atoms with E-state index in [1.165, 1.54) is 0 Å². The van der Waals surface area contributed by atoms with Crippen LogP contribution in [0.3, 0.4) is 0 Å². The summed E-state index contributed by atoms with van der Waals surface area (Å²) < 4.78 is 29.0. The molecule has 4 saturated carbocycles. The number of aliphatic hydroxyl groups excluding tert-OH is 7. The van der Waals surface area contributed by atoms with Gasteiger partial charge in [0, 0.05) is 10.8 Å². The van der Waals surface area contributed by atoms with Crippen molar-refractivity contribution in [2.24, 2.45) is 50.2 Å². The first kappa shape index (κ1) is 41.9. The largest absolute Gasteiger partial charge is 0.467 e. The van der Waals surface area contributed by atoms with Crippen molar-refractivity contribution in [3.05, 3.63) is 11.6 Å². The van der Waals surface area contributed by atoms with E-state index in [2.05, 4.69) is 47.6 Å². The van der Waals surface area contributed by atoms with Crippen molar-refractivity contribution in [3.63, 3.8) is 0 Å². The topological polar surface area (TPSA) is 205 Å². The van der Waals surface area contributed by atoms with Crippen LogP contribution in [0.2, 0.25) is 0 Å². The predicted molar refractivity (Wildman–Crippen MR) is 198 cm³/mol. The van der Waals surface area contributed by atoms with Gasteiger partial charge in [-0.2, -0.15) is 0 Å². The van der Waals surface area contributed by atoms with Gasteiger partial charge in [-0.3, -0.25) is 0 Å². The van der Waals surface area contributed by atoms with Gasteiger partial charge in [0.2, 0.25) is 0 Å². The highest BCUT2D eigenvalue weighted by Crippen LogP contribution is 2.76. The molecular weight excluding hydrogens is 712 g/mol. The van der Waals surface area contributed by atoms with Gasteiger partial charge in [-0.1, -0.05) is 60.1 Å². The molecule has 13 heteroatoms.